The lowest BCUT2D eigenvalue weighted by Gasteiger charge is -2.16. The smallest absolute Gasteiger partial charge is 0.00990 e. The SMILES string of the molecule is c1ccc(-c2cc3cc4cc(-c5ccccc5)c(-c5ccccc5)cc4cc3cc2-c2ccccc2)cc1. The number of fused-ring (bicyclic) bond motifs is 2. The molecule has 7 aromatic rings. The molecule has 7 aromatic carbocycles. The first kappa shape index (κ1) is 22.3. The van der Waals surface area contributed by atoms with Gasteiger partial charge in [-0.25, -0.2) is 0 Å². The quantitative estimate of drug-likeness (QED) is 0.219. The maximum absolute atomic E-state index is 2.36. The van der Waals surface area contributed by atoms with Crippen LogP contribution in [0.25, 0.3) is 66.1 Å². The predicted molar refractivity (Wildman–Crippen MR) is 163 cm³/mol. The highest BCUT2D eigenvalue weighted by Gasteiger charge is 2.13. The van der Waals surface area contributed by atoms with E-state index in [0.717, 1.165) is 0 Å². The molecule has 0 aliphatic heterocycles. The zero-order chi connectivity index (χ0) is 25.3. The van der Waals surface area contributed by atoms with E-state index in [1.54, 1.807) is 0 Å². The number of benzene rings is 7. The Morgan fingerprint density at radius 1 is 0.211 bits per heavy atom. The normalized spacial score (nSPS) is 11.2. The van der Waals surface area contributed by atoms with Crippen LogP contribution in [0, 0.1) is 0 Å². The van der Waals surface area contributed by atoms with E-state index in [1.807, 2.05) is 0 Å². The van der Waals surface area contributed by atoms with E-state index in [9.17, 15) is 0 Å². The number of hydrogen-bond donors (Lipinski definition) is 0. The van der Waals surface area contributed by atoms with Gasteiger partial charge in [-0.2, -0.15) is 0 Å². The van der Waals surface area contributed by atoms with Crippen LogP contribution in [0.5, 0.6) is 0 Å². The van der Waals surface area contributed by atoms with E-state index >= 15 is 0 Å². The lowest BCUT2D eigenvalue weighted by atomic mass is 9.88. The second-order valence-corrected chi connectivity index (χ2v) is 9.81. The Hall–Kier alpha value is -4.94. The van der Waals surface area contributed by atoms with Gasteiger partial charge >= 0.3 is 0 Å². The molecule has 0 nitrogen and oxygen atoms in total. The monoisotopic (exact) mass is 482 g/mol. The summed E-state index contributed by atoms with van der Waals surface area (Å²) in [5.74, 6) is 0. The zero-order valence-electron chi connectivity index (χ0n) is 21.0. The Morgan fingerprint density at radius 3 is 0.632 bits per heavy atom. The molecule has 0 aromatic heterocycles. The Bertz CT molecular complexity index is 1590. The van der Waals surface area contributed by atoms with Gasteiger partial charge in [0.2, 0.25) is 0 Å². The van der Waals surface area contributed by atoms with Gasteiger partial charge in [0.1, 0.15) is 0 Å². The minimum absolute atomic E-state index is 1.23. The molecule has 0 atom stereocenters. The molecule has 0 heterocycles. The maximum Gasteiger partial charge on any atom is -0.00990 e. The minimum atomic E-state index is 1.23. The maximum atomic E-state index is 2.36. The Balaban J connectivity index is 1.51. The van der Waals surface area contributed by atoms with Crippen molar-refractivity contribution in [2.45, 2.75) is 0 Å². The van der Waals surface area contributed by atoms with Crippen molar-refractivity contribution in [2.24, 2.45) is 0 Å². The Kier molecular flexibility index (Phi) is 5.57. The molecule has 0 bridgehead atoms. The molecular formula is C38H26. The van der Waals surface area contributed by atoms with Crippen molar-refractivity contribution in [2.75, 3.05) is 0 Å². The highest BCUT2D eigenvalue weighted by Crippen LogP contribution is 2.40. The standard InChI is InChI=1S/C38H26/c1-5-13-27(14-6-1)35-23-31-21-33-25-37(29-17-9-3-10-18-29)38(30-19-11-4-12-20-30)26-34(33)22-32(31)24-36(35)28-15-7-2-8-16-28/h1-26H. The summed E-state index contributed by atoms with van der Waals surface area (Å²) in [6.07, 6.45) is 0. The lowest BCUT2D eigenvalue weighted by Crippen LogP contribution is -1.89. The van der Waals surface area contributed by atoms with Gasteiger partial charge in [-0.05, 0) is 102 Å². The van der Waals surface area contributed by atoms with Crippen molar-refractivity contribution in [1.82, 2.24) is 0 Å². The average molecular weight is 483 g/mol. The molecule has 0 saturated heterocycles. The van der Waals surface area contributed by atoms with Crippen molar-refractivity contribution >= 4 is 21.5 Å². The van der Waals surface area contributed by atoms with Crippen LogP contribution in [-0.2, 0) is 0 Å². The summed E-state index contributed by atoms with van der Waals surface area (Å²) < 4.78 is 0. The van der Waals surface area contributed by atoms with Crippen molar-refractivity contribution < 1.29 is 0 Å². The topological polar surface area (TPSA) is 0 Å². The van der Waals surface area contributed by atoms with Crippen molar-refractivity contribution in [3.05, 3.63) is 158 Å². The summed E-state index contributed by atoms with van der Waals surface area (Å²) in [5, 5.41) is 5.01. The van der Waals surface area contributed by atoms with Gasteiger partial charge in [0.15, 0.2) is 0 Å². The summed E-state index contributed by atoms with van der Waals surface area (Å²) in [4.78, 5) is 0. The van der Waals surface area contributed by atoms with Gasteiger partial charge in [-0.1, -0.05) is 121 Å². The van der Waals surface area contributed by atoms with Crippen LogP contribution in [-0.4, -0.2) is 0 Å². The first-order chi connectivity index (χ1) is 18.8. The summed E-state index contributed by atoms with van der Waals surface area (Å²) in [6, 6.07) is 57.0. The van der Waals surface area contributed by atoms with Crippen molar-refractivity contribution in [3.63, 3.8) is 0 Å². The molecule has 0 fully saturated rings. The van der Waals surface area contributed by atoms with Gasteiger partial charge in [0, 0.05) is 0 Å². The van der Waals surface area contributed by atoms with Crippen LogP contribution in [0.4, 0.5) is 0 Å². The van der Waals surface area contributed by atoms with Gasteiger partial charge in [-0.15, -0.1) is 0 Å². The first-order valence-corrected chi connectivity index (χ1v) is 13.1. The van der Waals surface area contributed by atoms with E-state index in [1.165, 1.54) is 66.1 Å². The molecule has 0 aliphatic rings. The predicted octanol–water partition coefficient (Wildman–Crippen LogP) is 10.7. The van der Waals surface area contributed by atoms with Crippen molar-refractivity contribution in [3.8, 4) is 44.5 Å². The van der Waals surface area contributed by atoms with Gasteiger partial charge in [-0.3, -0.25) is 0 Å². The van der Waals surface area contributed by atoms with Crippen LogP contribution in [0.3, 0.4) is 0 Å². The van der Waals surface area contributed by atoms with Crippen LogP contribution in [0.1, 0.15) is 0 Å². The minimum Gasteiger partial charge on any atom is -0.0622 e. The fourth-order valence-corrected chi connectivity index (χ4v) is 5.53. The molecule has 0 amide bonds. The van der Waals surface area contributed by atoms with Crippen molar-refractivity contribution in [1.29, 1.82) is 0 Å². The number of rotatable bonds is 4. The Morgan fingerprint density at radius 2 is 0.421 bits per heavy atom. The van der Waals surface area contributed by atoms with E-state index in [2.05, 4.69) is 158 Å². The molecule has 0 saturated carbocycles. The second-order valence-electron chi connectivity index (χ2n) is 9.81. The molecule has 38 heavy (non-hydrogen) atoms. The fourth-order valence-electron chi connectivity index (χ4n) is 5.53. The van der Waals surface area contributed by atoms with Crippen LogP contribution >= 0.6 is 0 Å². The summed E-state index contributed by atoms with van der Waals surface area (Å²) in [6.45, 7) is 0. The van der Waals surface area contributed by atoms with E-state index in [-0.39, 0.29) is 0 Å². The fraction of sp³-hybridized carbons (Fsp3) is 0. The highest BCUT2D eigenvalue weighted by molar-refractivity contribution is 6.06. The van der Waals surface area contributed by atoms with Crippen LogP contribution in [0.2, 0.25) is 0 Å². The third kappa shape index (κ3) is 4.07. The zero-order valence-corrected chi connectivity index (χ0v) is 21.0. The molecule has 0 heteroatoms. The molecule has 0 spiro atoms. The van der Waals surface area contributed by atoms with E-state index < -0.39 is 0 Å². The lowest BCUT2D eigenvalue weighted by molar-refractivity contribution is 1.60. The van der Waals surface area contributed by atoms with Gasteiger partial charge in [0.25, 0.3) is 0 Å². The van der Waals surface area contributed by atoms with Crippen LogP contribution in [0.15, 0.2) is 158 Å². The van der Waals surface area contributed by atoms with Gasteiger partial charge in [0.05, 0.1) is 0 Å². The third-order valence-electron chi connectivity index (χ3n) is 7.41. The summed E-state index contributed by atoms with van der Waals surface area (Å²) in [7, 11) is 0. The first-order valence-electron chi connectivity index (χ1n) is 13.1. The molecule has 178 valence electrons. The highest BCUT2D eigenvalue weighted by atomic mass is 14.2. The third-order valence-corrected chi connectivity index (χ3v) is 7.41. The largest absolute Gasteiger partial charge is 0.0622 e. The molecule has 0 radical (unpaired) electrons. The van der Waals surface area contributed by atoms with E-state index in [4.69, 9.17) is 0 Å². The number of hydrogen-bond acceptors (Lipinski definition) is 0. The van der Waals surface area contributed by atoms with E-state index in [0.29, 0.717) is 0 Å². The molecule has 0 aliphatic carbocycles. The Labute approximate surface area is 223 Å². The molecule has 0 unspecified atom stereocenters. The molecule has 7 rings (SSSR count). The molecule has 0 N–H and O–H groups in total. The second kappa shape index (κ2) is 9.50. The summed E-state index contributed by atoms with van der Waals surface area (Å²) >= 11 is 0. The molecular weight excluding hydrogens is 456 g/mol. The van der Waals surface area contributed by atoms with Gasteiger partial charge < -0.3 is 0 Å². The summed E-state index contributed by atoms with van der Waals surface area (Å²) in [5.41, 5.74) is 9.97. The van der Waals surface area contributed by atoms with Crippen LogP contribution < -0.4 is 0 Å². The average Bonchev–Trinajstić information content (AvgIpc) is 3.00.